The second-order valence-corrected chi connectivity index (χ2v) is 6.80. The summed E-state index contributed by atoms with van der Waals surface area (Å²) in [6.45, 7) is 4.33. The van der Waals surface area contributed by atoms with Crippen molar-refractivity contribution in [3.63, 3.8) is 0 Å². The van der Waals surface area contributed by atoms with Crippen molar-refractivity contribution in [2.45, 2.75) is 20.4 Å². The van der Waals surface area contributed by atoms with Crippen LogP contribution in [-0.2, 0) is 11.3 Å². The van der Waals surface area contributed by atoms with E-state index in [9.17, 15) is 14.7 Å². The topological polar surface area (TPSA) is 81.4 Å². The van der Waals surface area contributed by atoms with Gasteiger partial charge in [0.15, 0.2) is 0 Å². The average molecular weight is 358 g/mol. The molecule has 6 nitrogen and oxygen atoms in total. The average Bonchev–Trinajstić information content (AvgIpc) is 2.91. The number of hydrogen-bond acceptors (Lipinski definition) is 5. The Kier molecular flexibility index (Phi) is 4.69. The van der Waals surface area contributed by atoms with E-state index in [-0.39, 0.29) is 10.4 Å². The first-order valence-electron chi connectivity index (χ1n) is 7.77. The number of thiophene rings is 1. The predicted molar refractivity (Wildman–Crippen MR) is 97.6 cm³/mol. The van der Waals surface area contributed by atoms with Gasteiger partial charge in [-0.25, -0.2) is 9.78 Å². The number of aromatic carboxylic acids is 1. The summed E-state index contributed by atoms with van der Waals surface area (Å²) in [6.07, 6.45) is 0. The highest BCUT2D eigenvalue weighted by molar-refractivity contribution is 7.20. The van der Waals surface area contributed by atoms with Gasteiger partial charge in [0.05, 0.1) is 18.5 Å². The maximum atomic E-state index is 13.1. The molecular formula is C18H18N2O4S. The van der Waals surface area contributed by atoms with Crippen LogP contribution in [0.25, 0.3) is 21.6 Å². The lowest BCUT2D eigenvalue weighted by atomic mass is 10.1. The Bertz CT molecular complexity index is 1020. The third kappa shape index (κ3) is 3.08. The first-order valence-corrected chi connectivity index (χ1v) is 8.59. The van der Waals surface area contributed by atoms with Crippen LogP contribution in [0.4, 0.5) is 0 Å². The van der Waals surface area contributed by atoms with Crippen molar-refractivity contribution in [1.82, 2.24) is 9.55 Å². The molecule has 0 aliphatic carbocycles. The monoisotopic (exact) mass is 358 g/mol. The maximum absolute atomic E-state index is 13.1. The second kappa shape index (κ2) is 6.78. The first kappa shape index (κ1) is 17.3. The molecule has 0 amide bonds. The van der Waals surface area contributed by atoms with Gasteiger partial charge in [-0.15, -0.1) is 11.3 Å². The van der Waals surface area contributed by atoms with Crippen LogP contribution < -0.4 is 5.56 Å². The molecule has 7 heteroatoms. The van der Waals surface area contributed by atoms with Crippen LogP contribution in [-0.4, -0.2) is 34.3 Å². The van der Waals surface area contributed by atoms with E-state index in [0.29, 0.717) is 34.8 Å². The summed E-state index contributed by atoms with van der Waals surface area (Å²) in [5.74, 6) is -0.517. The van der Waals surface area contributed by atoms with Crippen LogP contribution in [0.1, 0.15) is 20.8 Å². The minimum Gasteiger partial charge on any atom is -0.477 e. The van der Waals surface area contributed by atoms with Crippen LogP contribution >= 0.6 is 11.3 Å². The molecule has 0 aliphatic heterocycles. The Balaban J connectivity index is 2.35. The van der Waals surface area contributed by atoms with Gasteiger partial charge in [-0.3, -0.25) is 9.36 Å². The van der Waals surface area contributed by atoms with Crippen LogP contribution in [0.5, 0.6) is 0 Å². The fourth-order valence-corrected chi connectivity index (χ4v) is 3.83. The van der Waals surface area contributed by atoms with Crippen molar-refractivity contribution in [3.05, 3.63) is 50.6 Å². The Labute approximate surface area is 148 Å². The Morgan fingerprint density at radius 3 is 2.76 bits per heavy atom. The van der Waals surface area contributed by atoms with Gasteiger partial charge < -0.3 is 9.84 Å². The standard InChI is InChI=1S/C18H18N2O4S/c1-10-5-4-6-12(9-10)15-19-16-13(11(2)14(25-16)18(22)23)17(21)20(15)7-8-24-3/h4-6,9H,7-8H2,1-3H3,(H,22,23). The molecule has 3 rings (SSSR count). The van der Waals surface area contributed by atoms with E-state index >= 15 is 0 Å². The number of carboxylic acids is 1. The lowest BCUT2D eigenvalue weighted by Gasteiger charge is -2.12. The van der Waals surface area contributed by atoms with Crippen LogP contribution in [0, 0.1) is 13.8 Å². The Morgan fingerprint density at radius 1 is 1.36 bits per heavy atom. The Morgan fingerprint density at radius 2 is 2.12 bits per heavy atom. The number of benzene rings is 1. The SMILES string of the molecule is COCCn1c(-c2cccc(C)c2)nc2sc(C(=O)O)c(C)c2c1=O. The molecule has 0 unspecified atom stereocenters. The van der Waals surface area contributed by atoms with E-state index in [1.54, 1.807) is 18.6 Å². The summed E-state index contributed by atoms with van der Waals surface area (Å²) in [7, 11) is 1.57. The van der Waals surface area contributed by atoms with Crippen LogP contribution in [0.2, 0.25) is 0 Å². The Hall–Kier alpha value is -2.51. The van der Waals surface area contributed by atoms with Gasteiger partial charge in [0.25, 0.3) is 5.56 Å². The molecule has 0 bridgehead atoms. The van der Waals surface area contributed by atoms with E-state index in [4.69, 9.17) is 4.74 Å². The summed E-state index contributed by atoms with van der Waals surface area (Å²) < 4.78 is 6.68. The number of ether oxygens (including phenoxy) is 1. The minimum absolute atomic E-state index is 0.152. The molecule has 2 heterocycles. The molecule has 1 N–H and O–H groups in total. The number of hydrogen-bond donors (Lipinski definition) is 1. The number of methoxy groups -OCH3 is 1. The molecular weight excluding hydrogens is 340 g/mol. The summed E-state index contributed by atoms with van der Waals surface area (Å²) in [5.41, 5.74) is 2.10. The quantitative estimate of drug-likeness (QED) is 0.758. The third-order valence-corrected chi connectivity index (χ3v) is 5.21. The summed E-state index contributed by atoms with van der Waals surface area (Å²) in [4.78, 5) is 29.7. The van der Waals surface area contributed by atoms with Crippen molar-refractivity contribution in [3.8, 4) is 11.4 Å². The van der Waals surface area contributed by atoms with Crippen molar-refractivity contribution < 1.29 is 14.6 Å². The third-order valence-electron chi connectivity index (χ3n) is 4.04. The zero-order valence-electron chi connectivity index (χ0n) is 14.2. The summed E-state index contributed by atoms with van der Waals surface area (Å²) in [5, 5.41) is 9.72. The molecule has 0 fully saturated rings. The van der Waals surface area contributed by atoms with Crippen molar-refractivity contribution >= 4 is 27.5 Å². The van der Waals surface area contributed by atoms with Crippen LogP contribution in [0.15, 0.2) is 29.1 Å². The normalized spacial score (nSPS) is 11.2. The number of carboxylic acid groups (broad SMARTS) is 1. The van der Waals surface area contributed by atoms with Crippen molar-refractivity contribution in [1.29, 1.82) is 0 Å². The molecule has 0 aliphatic rings. The highest BCUT2D eigenvalue weighted by atomic mass is 32.1. The van der Waals surface area contributed by atoms with Gasteiger partial charge in [-0.2, -0.15) is 0 Å². The largest absolute Gasteiger partial charge is 0.477 e. The zero-order valence-corrected chi connectivity index (χ0v) is 15.0. The molecule has 0 radical (unpaired) electrons. The van der Waals surface area contributed by atoms with E-state index in [1.807, 2.05) is 31.2 Å². The lowest BCUT2D eigenvalue weighted by Crippen LogP contribution is -2.25. The number of aryl methyl sites for hydroxylation is 2. The van der Waals surface area contributed by atoms with Gasteiger partial charge in [-0.05, 0) is 25.5 Å². The van der Waals surface area contributed by atoms with E-state index < -0.39 is 5.97 Å². The predicted octanol–water partition coefficient (Wildman–Crippen LogP) is 3.09. The molecule has 25 heavy (non-hydrogen) atoms. The molecule has 0 spiro atoms. The molecule has 0 saturated heterocycles. The number of aromatic nitrogens is 2. The molecule has 3 aromatic rings. The van der Waals surface area contributed by atoms with E-state index in [1.165, 1.54) is 0 Å². The van der Waals surface area contributed by atoms with Crippen molar-refractivity contribution in [2.24, 2.45) is 0 Å². The van der Waals surface area contributed by atoms with Gasteiger partial charge in [0.2, 0.25) is 0 Å². The smallest absolute Gasteiger partial charge is 0.346 e. The van der Waals surface area contributed by atoms with E-state index in [0.717, 1.165) is 22.5 Å². The fourth-order valence-electron chi connectivity index (χ4n) is 2.82. The molecule has 0 saturated carbocycles. The molecule has 130 valence electrons. The lowest BCUT2D eigenvalue weighted by molar-refractivity contribution is 0.0701. The van der Waals surface area contributed by atoms with Gasteiger partial charge in [0, 0.05) is 12.7 Å². The van der Waals surface area contributed by atoms with Crippen molar-refractivity contribution in [2.75, 3.05) is 13.7 Å². The van der Waals surface area contributed by atoms with Crippen LogP contribution in [0.3, 0.4) is 0 Å². The second-order valence-electron chi connectivity index (χ2n) is 5.80. The zero-order chi connectivity index (χ0) is 18.1. The molecule has 0 atom stereocenters. The van der Waals surface area contributed by atoms with E-state index in [2.05, 4.69) is 4.98 Å². The van der Waals surface area contributed by atoms with Gasteiger partial charge in [0.1, 0.15) is 15.5 Å². The number of fused-ring (bicyclic) bond motifs is 1. The molecule has 2 aromatic heterocycles. The highest BCUT2D eigenvalue weighted by Crippen LogP contribution is 2.29. The number of nitrogens with zero attached hydrogens (tertiary/aromatic N) is 2. The summed E-state index contributed by atoms with van der Waals surface area (Å²) in [6, 6.07) is 7.72. The maximum Gasteiger partial charge on any atom is 0.346 e. The minimum atomic E-state index is -1.04. The van der Waals surface area contributed by atoms with Gasteiger partial charge >= 0.3 is 5.97 Å². The number of rotatable bonds is 5. The summed E-state index contributed by atoms with van der Waals surface area (Å²) >= 11 is 1.04. The molecule has 1 aromatic carbocycles. The first-order chi connectivity index (χ1) is 11.9. The van der Waals surface area contributed by atoms with Gasteiger partial charge in [-0.1, -0.05) is 23.8 Å². The highest BCUT2D eigenvalue weighted by Gasteiger charge is 2.21. The fraction of sp³-hybridized carbons (Fsp3) is 0.278. The number of carbonyl (C=O) groups is 1.